The molecule has 0 saturated carbocycles. The summed E-state index contributed by atoms with van der Waals surface area (Å²) in [6.45, 7) is 0. The van der Waals surface area contributed by atoms with Crippen LogP contribution in [-0.2, 0) is 0 Å². The Morgan fingerprint density at radius 1 is 0.586 bits per heavy atom. The SMILES string of the molecule is O=C1c2cccc(C#Cc3cccc4ccccc34)c2C(=O)N1c1ccccc1. The number of benzene rings is 4. The van der Waals surface area contributed by atoms with Gasteiger partial charge in [0.15, 0.2) is 0 Å². The van der Waals surface area contributed by atoms with E-state index in [-0.39, 0.29) is 11.8 Å². The van der Waals surface area contributed by atoms with Gasteiger partial charge >= 0.3 is 0 Å². The van der Waals surface area contributed by atoms with Crippen LogP contribution < -0.4 is 4.90 Å². The normalized spacial score (nSPS) is 12.6. The molecule has 1 heterocycles. The summed E-state index contributed by atoms with van der Waals surface area (Å²) in [6.07, 6.45) is 0. The van der Waals surface area contributed by atoms with E-state index in [1.165, 1.54) is 4.90 Å². The highest BCUT2D eigenvalue weighted by Gasteiger charge is 2.38. The molecule has 5 rings (SSSR count). The molecule has 29 heavy (non-hydrogen) atoms. The van der Waals surface area contributed by atoms with Crippen LogP contribution in [0.5, 0.6) is 0 Å². The molecule has 0 spiro atoms. The van der Waals surface area contributed by atoms with Crippen LogP contribution in [0.15, 0.2) is 91.0 Å². The second kappa shape index (κ2) is 6.78. The minimum Gasteiger partial charge on any atom is -0.268 e. The van der Waals surface area contributed by atoms with Gasteiger partial charge in [0.05, 0.1) is 16.8 Å². The molecule has 1 aliphatic heterocycles. The van der Waals surface area contributed by atoms with E-state index in [1.54, 1.807) is 42.5 Å². The number of rotatable bonds is 1. The van der Waals surface area contributed by atoms with Gasteiger partial charge in [0.1, 0.15) is 0 Å². The molecule has 0 N–H and O–H groups in total. The molecular formula is C26H15NO2. The molecule has 136 valence electrons. The molecule has 0 aliphatic carbocycles. The van der Waals surface area contributed by atoms with Gasteiger partial charge in [-0.2, -0.15) is 0 Å². The molecule has 4 aromatic rings. The fourth-order valence-electron chi connectivity index (χ4n) is 3.67. The van der Waals surface area contributed by atoms with Gasteiger partial charge in [0.25, 0.3) is 11.8 Å². The van der Waals surface area contributed by atoms with Gasteiger partial charge in [-0.3, -0.25) is 9.59 Å². The second-order valence-electron chi connectivity index (χ2n) is 6.79. The Morgan fingerprint density at radius 3 is 2.10 bits per heavy atom. The van der Waals surface area contributed by atoms with Crippen LogP contribution in [0.1, 0.15) is 31.8 Å². The number of nitrogens with zero attached hydrogens (tertiary/aromatic N) is 1. The highest BCUT2D eigenvalue weighted by Crippen LogP contribution is 2.30. The summed E-state index contributed by atoms with van der Waals surface area (Å²) in [5.41, 5.74) is 2.77. The first-order valence-corrected chi connectivity index (χ1v) is 9.31. The number of para-hydroxylation sites is 1. The molecule has 0 fully saturated rings. The lowest BCUT2D eigenvalue weighted by atomic mass is 10.0. The number of carbonyl (C=O) groups excluding carboxylic acids is 2. The Labute approximate surface area is 168 Å². The van der Waals surface area contributed by atoms with Crippen molar-refractivity contribution in [1.29, 1.82) is 0 Å². The zero-order chi connectivity index (χ0) is 19.8. The van der Waals surface area contributed by atoms with Crippen molar-refractivity contribution in [3.63, 3.8) is 0 Å². The first kappa shape index (κ1) is 17.0. The number of hydrogen-bond acceptors (Lipinski definition) is 2. The number of carbonyl (C=O) groups is 2. The molecule has 4 aromatic carbocycles. The molecule has 0 bridgehead atoms. The van der Waals surface area contributed by atoms with E-state index in [9.17, 15) is 9.59 Å². The van der Waals surface area contributed by atoms with Gasteiger partial charge < -0.3 is 0 Å². The molecule has 2 amide bonds. The molecule has 0 radical (unpaired) electrons. The second-order valence-corrected chi connectivity index (χ2v) is 6.79. The summed E-state index contributed by atoms with van der Waals surface area (Å²) in [7, 11) is 0. The fourth-order valence-corrected chi connectivity index (χ4v) is 3.67. The predicted molar refractivity (Wildman–Crippen MR) is 114 cm³/mol. The largest absolute Gasteiger partial charge is 0.268 e. The van der Waals surface area contributed by atoms with Gasteiger partial charge in [-0.05, 0) is 41.1 Å². The molecule has 3 heteroatoms. The van der Waals surface area contributed by atoms with Crippen molar-refractivity contribution >= 4 is 28.3 Å². The molecule has 0 atom stereocenters. The maximum absolute atomic E-state index is 13.1. The zero-order valence-electron chi connectivity index (χ0n) is 15.4. The highest BCUT2D eigenvalue weighted by atomic mass is 16.2. The minimum atomic E-state index is -0.334. The summed E-state index contributed by atoms with van der Waals surface area (Å²) >= 11 is 0. The number of anilines is 1. The van der Waals surface area contributed by atoms with E-state index in [2.05, 4.69) is 11.8 Å². The van der Waals surface area contributed by atoms with Crippen molar-refractivity contribution in [3.8, 4) is 11.8 Å². The third-order valence-corrected chi connectivity index (χ3v) is 5.05. The third kappa shape index (κ3) is 2.79. The molecular weight excluding hydrogens is 358 g/mol. The Morgan fingerprint density at radius 2 is 1.24 bits per heavy atom. The number of fused-ring (bicyclic) bond motifs is 2. The van der Waals surface area contributed by atoms with Gasteiger partial charge in [-0.25, -0.2) is 4.90 Å². The number of imide groups is 1. The van der Waals surface area contributed by atoms with Crippen molar-refractivity contribution in [1.82, 2.24) is 0 Å². The highest BCUT2D eigenvalue weighted by molar-refractivity contribution is 6.35. The maximum atomic E-state index is 13.1. The van der Waals surface area contributed by atoms with E-state index < -0.39 is 0 Å². The third-order valence-electron chi connectivity index (χ3n) is 5.05. The lowest BCUT2D eigenvalue weighted by Gasteiger charge is -2.13. The van der Waals surface area contributed by atoms with Crippen LogP contribution in [-0.4, -0.2) is 11.8 Å². The maximum Gasteiger partial charge on any atom is 0.267 e. The van der Waals surface area contributed by atoms with Crippen LogP contribution in [0.3, 0.4) is 0 Å². The first-order chi connectivity index (χ1) is 14.2. The topological polar surface area (TPSA) is 37.4 Å². The molecule has 0 unspecified atom stereocenters. The number of amides is 2. The molecule has 3 nitrogen and oxygen atoms in total. The summed E-state index contributed by atoms with van der Waals surface area (Å²) in [5.74, 6) is 5.67. The standard InChI is InChI=1S/C26H15NO2/c28-25-23-15-7-11-20(24(23)26(29)27(25)21-12-2-1-3-13-21)17-16-19-10-6-9-18-8-4-5-14-22(18)19/h1-15H. The van der Waals surface area contributed by atoms with Crippen LogP contribution in [0, 0.1) is 11.8 Å². The van der Waals surface area contributed by atoms with Crippen molar-refractivity contribution in [2.24, 2.45) is 0 Å². The van der Waals surface area contributed by atoms with E-state index in [0.717, 1.165) is 16.3 Å². The Hall–Kier alpha value is -4.16. The quantitative estimate of drug-likeness (QED) is 0.346. The predicted octanol–water partition coefficient (Wildman–Crippen LogP) is 5.04. The Balaban J connectivity index is 1.61. The lowest BCUT2D eigenvalue weighted by Crippen LogP contribution is -2.29. The van der Waals surface area contributed by atoms with E-state index in [1.807, 2.05) is 48.5 Å². The summed E-state index contributed by atoms with van der Waals surface area (Å²) < 4.78 is 0. The fraction of sp³-hybridized carbons (Fsp3) is 0. The summed E-state index contributed by atoms with van der Waals surface area (Å²) in [5, 5.41) is 2.17. The summed E-state index contributed by atoms with van der Waals surface area (Å²) in [6, 6.07) is 28.2. The van der Waals surface area contributed by atoms with E-state index >= 15 is 0 Å². The lowest BCUT2D eigenvalue weighted by molar-refractivity contribution is 0.0926. The van der Waals surface area contributed by atoms with Crippen molar-refractivity contribution in [2.75, 3.05) is 4.90 Å². The van der Waals surface area contributed by atoms with Crippen LogP contribution in [0.2, 0.25) is 0 Å². The van der Waals surface area contributed by atoms with Gasteiger partial charge in [-0.15, -0.1) is 0 Å². The minimum absolute atomic E-state index is 0.315. The van der Waals surface area contributed by atoms with Crippen LogP contribution in [0.25, 0.3) is 10.8 Å². The Kier molecular flexibility index (Phi) is 3.97. The average molecular weight is 373 g/mol. The average Bonchev–Trinajstić information content (AvgIpc) is 3.03. The first-order valence-electron chi connectivity index (χ1n) is 9.31. The molecule has 0 aromatic heterocycles. The smallest absolute Gasteiger partial charge is 0.267 e. The van der Waals surface area contributed by atoms with Crippen molar-refractivity contribution in [2.45, 2.75) is 0 Å². The van der Waals surface area contributed by atoms with E-state index in [0.29, 0.717) is 22.4 Å². The van der Waals surface area contributed by atoms with Crippen LogP contribution >= 0.6 is 0 Å². The van der Waals surface area contributed by atoms with Crippen molar-refractivity contribution < 1.29 is 9.59 Å². The zero-order valence-corrected chi connectivity index (χ0v) is 15.4. The van der Waals surface area contributed by atoms with Crippen LogP contribution in [0.4, 0.5) is 5.69 Å². The molecule has 1 aliphatic rings. The molecule has 0 saturated heterocycles. The van der Waals surface area contributed by atoms with Gasteiger partial charge in [-0.1, -0.05) is 72.5 Å². The van der Waals surface area contributed by atoms with Gasteiger partial charge in [0, 0.05) is 11.1 Å². The Bertz CT molecular complexity index is 1340. The summed E-state index contributed by atoms with van der Waals surface area (Å²) in [4.78, 5) is 27.2. The monoisotopic (exact) mass is 373 g/mol. The number of hydrogen-bond donors (Lipinski definition) is 0. The van der Waals surface area contributed by atoms with Crippen molar-refractivity contribution in [3.05, 3.63) is 113 Å². The van der Waals surface area contributed by atoms with E-state index in [4.69, 9.17) is 0 Å². The van der Waals surface area contributed by atoms with Gasteiger partial charge in [0.2, 0.25) is 0 Å².